The van der Waals surface area contributed by atoms with E-state index in [4.69, 9.17) is 0 Å². The molecule has 2 aliphatic heterocycles. The smallest absolute Gasteiger partial charge is 0.230 e. The molecule has 3 heterocycles. The lowest BCUT2D eigenvalue weighted by Gasteiger charge is -2.42. The molecule has 0 radical (unpaired) electrons. The molecule has 132 valence electrons. The molecule has 4 rings (SSSR count). The Morgan fingerprint density at radius 3 is 2.71 bits per heavy atom. The number of nitrogens with zero attached hydrogens (tertiary/aromatic N) is 5. The Balaban J connectivity index is 1.41. The first-order valence-corrected chi connectivity index (χ1v) is 9.44. The van der Waals surface area contributed by atoms with Crippen molar-refractivity contribution in [3.63, 3.8) is 0 Å². The Bertz CT molecular complexity index is 623. The van der Waals surface area contributed by atoms with E-state index in [9.17, 15) is 4.79 Å². The van der Waals surface area contributed by atoms with Crippen molar-refractivity contribution in [2.24, 2.45) is 18.4 Å². The van der Waals surface area contributed by atoms with Gasteiger partial charge in [0.1, 0.15) is 11.6 Å². The first-order chi connectivity index (χ1) is 11.6. The largest absolute Gasteiger partial charge is 0.342 e. The van der Waals surface area contributed by atoms with E-state index in [1.165, 1.54) is 19.3 Å². The van der Waals surface area contributed by atoms with Gasteiger partial charge in [0.15, 0.2) is 0 Å². The Morgan fingerprint density at radius 2 is 2.04 bits per heavy atom. The molecule has 1 atom stereocenters. The van der Waals surface area contributed by atoms with Gasteiger partial charge >= 0.3 is 0 Å². The molecule has 0 N–H and O–H groups in total. The summed E-state index contributed by atoms with van der Waals surface area (Å²) < 4.78 is 1.87. The summed E-state index contributed by atoms with van der Waals surface area (Å²) in [6.45, 7) is 6.59. The molecule has 2 saturated heterocycles. The average molecular weight is 331 g/mol. The van der Waals surface area contributed by atoms with Gasteiger partial charge in [-0.3, -0.25) is 14.4 Å². The average Bonchev–Trinajstić information content (AvgIpc) is 3.04. The maximum absolute atomic E-state index is 13.2. The van der Waals surface area contributed by atoms with Crippen molar-refractivity contribution in [2.75, 3.05) is 26.2 Å². The zero-order valence-corrected chi connectivity index (χ0v) is 15.0. The maximum Gasteiger partial charge on any atom is 0.230 e. The predicted octanol–water partition coefficient (Wildman–Crippen LogP) is 1.74. The Labute approximate surface area is 144 Å². The lowest BCUT2D eigenvalue weighted by molar-refractivity contribution is -0.146. The van der Waals surface area contributed by atoms with E-state index in [2.05, 4.69) is 19.9 Å². The standard InChI is InChI=1S/C18H29N5O/c1-14-19-16(21(2)20-14)12-22-10-8-18(13-22)7-4-9-23(17(18)24)11-15-5-3-6-15/h15H,3-13H2,1-2H3. The lowest BCUT2D eigenvalue weighted by Crippen LogP contribution is -2.51. The van der Waals surface area contributed by atoms with Crippen molar-refractivity contribution in [2.45, 2.75) is 52.0 Å². The van der Waals surface area contributed by atoms with Crippen LogP contribution in [0.3, 0.4) is 0 Å². The van der Waals surface area contributed by atoms with Crippen LogP contribution in [0.2, 0.25) is 0 Å². The van der Waals surface area contributed by atoms with Gasteiger partial charge in [-0.2, -0.15) is 5.10 Å². The van der Waals surface area contributed by atoms with Crippen LogP contribution in [-0.2, 0) is 18.4 Å². The quantitative estimate of drug-likeness (QED) is 0.843. The molecule has 3 aliphatic rings. The molecule has 0 aromatic carbocycles. The highest BCUT2D eigenvalue weighted by atomic mass is 16.2. The van der Waals surface area contributed by atoms with Crippen LogP contribution in [0.15, 0.2) is 0 Å². The van der Waals surface area contributed by atoms with Gasteiger partial charge in [0, 0.05) is 26.7 Å². The first-order valence-electron chi connectivity index (χ1n) is 9.44. The zero-order valence-electron chi connectivity index (χ0n) is 15.0. The van der Waals surface area contributed by atoms with Crippen molar-refractivity contribution in [3.8, 4) is 0 Å². The zero-order chi connectivity index (χ0) is 16.7. The SMILES string of the molecule is Cc1nc(CN2CCC3(CCCN(CC4CCC4)C3=O)C2)n(C)n1. The van der Waals surface area contributed by atoms with Crippen molar-refractivity contribution < 1.29 is 4.79 Å². The lowest BCUT2D eigenvalue weighted by atomic mass is 9.77. The monoisotopic (exact) mass is 331 g/mol. The number of carbonyl (C=O) groups is 1. The van der Waals surface area contributed by atoms with Gasteiger partial charge in [0.2, 0.25) is 5.91 Å². The molecule has 0 bridgehead atoms. The molecule has 24 heavy (non-hydrogen) atoms. The number of hydrogen-bond acceptors (Lipinski definition) is 4. The number of piperidine rings is 1. The summed E-state index contributed by atoms with van der Waals surface area (Å²) in [5.74, 6) is 3.02. The molecule has 1 aliphatic carbocycles. The summed E-state index contributed by atoms with van der Waals surface area (Å²) in [4.78, 5) is 22.3. The Kier molecular flexibility index (Phi) is 4.11. The van der Waals surface area contributed by atoms with Gasteiger partial charge < -0.3 is 4.90 Å². The van der Waals surface area contributed by atoms with Crippen LogP contribution in [0.4, 0.5) is 0 Å². The number of amides is 1. The third kappa shape index (κ3) is 2.85. The molecule has 1 aromatic heterocycles. The minimum absolute atomic E-state index is 0.129. The third-order valence-electron chi connectivity index (χ3n) is 6.28. The van der Waals surface area contributed by atoms with Crippen LogP contribution in [0.5, 0.6) is 0 Å². The topological polar surface area (TPSA) is 54.3 Å². The maximum atomic E-state index is 13.2. The minimum atomic E-state index is -0.129. The first kappa shape index (κ1) is 16.1. The van der Waals surface area contributed by atoms with Crippen LogP contribution >= 0.6 is 0 Å². The normalized spacial score (nSPS) is 28.8. The number of likely N-dealkylation sites (tertiary alicyclic amines) is 2. The van der Waals surface area contributed by atoms with E-state index in [1.54, 1.807) is 0 Å². The van der Waals surface area contributed by atoms with E-state index in [-0.39, 0.29) is 5.41 Å². The second-order valence-corrected chi connectivity index (χ2v) is 8.09. The van der Waals surface area contributed by atoms with E-state index in [0.29, 0.717) is 5.91 Å². The minimum Gasteiger partial charge on any atom is -0.342 e. The number of rotatable bonds is 4. The molecule has 1 saturated carbocycles. The molecule has 6 nitrogen and oxygen atoms in total. The molecule has 1 aromatic rings. The second-order valence-electron chi connectivity index (χ2n) is 8.09. The van der Waals surface area contributed by atoms with E-state index >= 15 is 0 Å². The fourth-order valence-corrected chi connectivity index (χ4v) is 4.68. The van der Waals surface area contributed by atoms with E-state index in [0.717, 1.165) is 69.6 Å². The van der Waals surface area contributed by atoms with Crippen LogP contribution in [0.25, 0.3) is 0 Å². The van der Waals surface area contributed by atoms with Gasteiger partial charge in [0.25, 0.3) is 0 Å². The number of aromatic nitrogens is 3. The summed E-state index contributed by atoms with van der Waals surface area (Å²) in [7, 11) is 1.95. The van der Waals surface area contributed by atoms with Crippen LogP contribution in [0, 0.1) is 18.3 Å². The number of aryl methyl sites for hydroxylation is 2. The summed E-state index contributed by atoms with van der Waals surface area (Å²) in [5, 5.41) is 4.34. The Hall–Kier alpha value is -1.43. The molecule has 3 fully saturated rings. The molecular formula is C18H29N5O. The molecule has 1 spiro atoms. The highest BCUT2D eigenvalue weighted by Gasteiger charge is 2.48. The van der Waals surface area contributed by atoms with Gasteiger partial charge in [-0.15, -0.1) is 0 Å². The molecule has 6 heteroatoms. The van der Waals surface area contributed by atoms with Crippen LogP contribution < -0.4 is 0 Å². The Morgan fingerprint density at radius 1 is 1.21 bits per heavy atom. The fourth-order valence-electron chi connectivity index (χ4n) is 4.68. The van der Waals surface area contributed by atoms with E-state index in [1.807, 2.05) is 18.7 Å². The molecular weight excluding hydrogens is 302 g/mol. The van der Waals surface area contributed by atoms with Gasteiger partial charge in [-0.1, -0.05) is 6.42 Å². The summed E-state index contributed by atoms with van der Waals surface area (Å²) in [5.41, 5.74) is -0.129. The van der Waals surface area contributed by atoms with Gasteiger partial charge in [-0.25, -0.2) is 4.98 Å². The predicted molar refractivity (Wildman–Crippen MR) is 91.2 cm³/mol. The highest BCUT2D eigenvalue weighted by Crippen LogP contribution is 2.41. The van der Waals surface area contributed by atoms with Gasteiger partial charge in [0.05, 0.1) is 12.0 Å². The fraction of sp³-hybridized carbons (Fsp3) is 0.833. The summed E-state index contributed by atoms with van der Waals surface area (Å²) in [6, 6.07) is 0. The number of hydrogen-bond donors (Lipinski definition) is 0. The van der Waals surface area contributed by atoms with Crippen LogP contribution in [0.1, 0.15) is 50.2 Å². The molecule has 1 unspecified atom stereocenters. The van der Waals surface area contributed by atoms with Crippen LogP contribution in [-0.4, -0.2) is 56.7 Å². The number of carbonyl (C=O) groups excluding carboxylic acids is 1. The van der Waals surface area contributed by atoms with E-state index < -0.39 is 0 Å². The highest BCUT2D eigenvalue weighted by molar-refractivity contribution is 5.84. The third-order valence-corrected chi connectivity index (χ3v) is 6.28. The van der Waals surface area contributed by atoms with Crippen molar-refractivity contribution >= 4 is 5.91 Å². The van der Waals surface area contributed by atoms with Crippen molar-refractivity contribution in [1.82, 2.24) is 24.6 Å². The summed E-state index contributed by atoms with van der Waals surface area (Å²) in [6.07, 6.45) is 7.20. The van der Waals surface area contributed by atoms with Crippen molar-refractivity contribution in [1.29, 1.82) is 0 Å². The summed E-state index contributed by atoms with van der Waals surface area (Å²) >= 11 is 0. The second kappa shape index (κ2) is 6.14. The van der Waals surface area contributed by atoms with Gasteiger partial charge in [-0.05, 0) is 51.5 Å². The molecule has 1 amide bonds. The van der Waals surface area contributed by atoms with Crippen molar-refractivity contribution in [3.05, 3.63) is 11.6 Å².